The second kappa shape index (κ2) is 5.82. The summed E-state index contributed by atoms with van der Waals surface area (Å²) in [5.41, 5.74) is 0. The number of nitrogens with one attached hydrogen (secondary N) is 2. The standard InChI is InChI=1S/C10H15ClN2OS/c11-10-2-1-9(15-10)7-13-6-8-5-12-3-4-14-8/h1-2,8,12-13H,3-7H2. The molecule has 2 heterocycles. The lowest BCUT2D eigenvalue weighted by Gasteiger charge is -2.23. The number of hydrogen-bond acceptors (Lipinski definition) is 4. The second-order valence-electron chi connectivity index (χ2n) is 3.53. The van der Waals surface area contributed by atoms with Gasteiger partial charge in [0.25, 0.3) is 0 Å². The Balaban J connectivity index is 1.65. The van der Waals surface area contributed by atoms with E-state index < -0.39 is 0 Å². The molecule has 3 nitrogen and oxygen atoms in total. The Bertz CT molecular complexity index is 299. The van der Waals surface area contributed by atoms with E-state index >= 15 is 0 Å². The Morgan fingerprint density at radius 3 is 3.20 bits per heavy atom. The van der Waals surface area contributed by atoms with Gasteiger partial charge in [-0.25, -0.2) is 0 Å². The van der Waals surface area contributed by atoms with Gasteiger partial charge in [0.1, 0.15) is 0 Å². The van der Waals surface area contributed by atoms with Gasteiger partial charge in [0.05, 0.1) is 17.0 Å². The fraction of sp³-hybridized carbons (Fsp3) is 0.600. The van der Waals surface area contributed by atoms with Crippen molar-refractivity contribution in [3.8, 4) is 0 Å². The molecule has 0 saturated carbocycles. The summed E-state index contributed by atoms with van der Waals surface area (Å²) in [5, 5.41) is 6.68. The molecule has 15 heavy (non-hydrogen) atoms. The van der Waals surface area contributed by atoms with Crippen molar-refractivity contribution >= 4 is 22.9 Å². The minimum absolute atomic E-state index is 0.300. The van der Waals surface area contributed by atoms with Crippen LogP contribution >= 0.6 is 22.9 Å². The summed E-state index contributed by atoms with van der Waals surface area (Å²) in [7, 11) is 0. The van der Waals surface area contributed by atoms with Crippen LogP contribution in [0.5, 0.6) is 0 Å². The number of halogens is 1. The molecule has 1 fully saturated rings. The van der Waals surface area contributed by atoms with Crippen LogP contribution in [0.1, 0.15) is 4.88 Å². The van der Waals surface area contributed by atoms with E-state index in [1.54, 1.807) is 11.3 Å². The van der Waals surface area contributed by atoms with Crippen LogP contribution in [0.25, 0.3) is 0 Å². The van der Waals surface area contributed by atoms with Crippen molar-refractivity contribution in [1.29, 1.82) is 0 Å². The molecule has 1 aromatic heterocycles. The molecule has 2 N–H and O–H groups in total. The predicted octanol–water partition coefficient (Wildman–Crippen LogP) is 1.48. The molecule has 2 rings (SSSR count). The van der Waals surface area contributed by atoms with Crippen molar-refractivity contribution in [3.05, 3.63) is 21.3 Å². The highest BCUT2D eigenvalue weighted by Gasteiger charge is 2.12. The molecular formula is C10H15ClN2OS. The summed E-state index contributed by atoms with van der Waals surface area (Å²) in [4.78, 5) is 1.27. The van der Waals surface area contributed by atoms with Gasteiger partial charge < -0.3 is 15.4 Å². The average Bonchev–Trinajstić information content (AvgIpc) is 2.66. The molecule has 1 atom stereocenters. The first-order valence-electron chi connectivity index (χ1n) is 5.12. The van der Waals surface area contributed by atoms with E-state index in [0.717, 1.165) is 37.1 Å². The van der Waals surface area contributed by atoms with Crippen LogP contribution in [0.4, 0.5) is 0 Å². The quantitative estimate of drug-likeness (QED) is 0.845. The summed E-state index contributed by atoms with van der Waals surface area (Å²) < 4.78 is 6.42. The first-order chi connectivity index (χ1) is 7.34. The summed E-state index contributed by atoms with van der Waals surface area (Å²) in [6, 6.07) is 3.99. The van der Waals surface area contributed by atoms with Crippen molar-refractivity contribution in [2.24, 2.45) is 0 Å². The van der Waals surface area contributed by atoms with Crippen molar-refractivity contribution in [3.63, 3.8) is 0 Å². The predicted molar refractivity (Wildman–Crippen MR) is 63.6 cm³/mol. The molecule has 1 aromatic rings. The van der Waals surface area contributed by atoms with Crippen molar-refractivity contribution in [2.75, 3.05) is 26.2 Å². The summed E-state index contributed by atoms with van der Waals surface area (Å²) in [6.45, 7) is 4.49. The third-order valence-corrected chi connectivity index (χ3v) is 3.54. The van der Waals surface area contributed by atoms with Crippen LogP contribution in [-0.4, -0.2) is 32.3 Å². The van der Waals surface area contributed by atoms with Gasteiger partial charge >= 0.3 is 0 Å². The van der Waals surface area contributed by atoms with Gasteiger partial charge in [-0.2, -0.15) is 0 Å². The van der Waals surface area contributed by atoms with E-state index in [0.29, 0.717) is 6.10 Å². The van der Waals surface area contributed by atoms with Crippen LogP contribution in [0.15, 0.2) is 12.1 Å². The maximum atomic E-state index is 5.84. The Morgan fingerprint density at radius 2 is 2.53 bits per heavy atom. The minimum atomic E-state index is 0.300. The van der Waals surface area contributed by atoms with Crippen LogP contribution in [0.3, 0.4) is 0 Å². The third-order valence-electron chi connectivity index (χ3n) is 2.30. The van der Waals surface area contributed by atoms with E-state index in [9.17, 15) is 0 Å². The van der Waals surface area contributed by atoms with Gasteiger partial charge in [0.2, 0.25) is 0 Å². The molecule has 1 unspecified atom stereocenters. The molecule has 0 spiro atoms. The number of hydrogen-bond donors (Lipinski definition) is 2. The molecule has 0 bridgehead atoms. The van der Waals surface area contributed by atoms with Gasteiger partial charge in [0.15, 0.2) is 0 Å². The lowest BCUT2D eigenvalue weighted by molar-refractivity contribution is 0.0291. The Hall–Kier alpha value is -0.130. The van der Waals surface area contributed by atoms with Crippen LogP contribution in [0.2, 0.25) is 4.34 Å². The van der Waals surface area contributed by atoms with Crippen LogP contribution < -0.4 is 10.6 Å². The highest BCUT2D eigenvalue weighted by atomic mass is 35.5. The number of rotatable bonds is 4. The summed E-state index contributed by atoms with van der Waals surface area (Å²) >= 11 is 7.46. The highest BCUT2D eigenvalue weighted by Crippen LogP contribution is 2.20. The molecule has 1 aliphatic heterocycles. The van der Waals surface area contributed by atoms with Gasteiger partial charge in [-0.15, -0.1) is 11.3 Å². The summed E-state index contributed by atoms with van der Waals surface area (Å²) in [6.07, 6.45) is 0.300. The first-order valence-corrected chi connectivity index (χ1v) is 6.31. The SMILES string of the molecule is Clc1ccc(CNCC2CNCCO2)s1. The van der Waals surface area contributed by atoms with E-state index in [1.807, 2.05) is 6.07 Å². The van der Waals surface area contributed by atoms with Crippen LogP contribution in [0, 0.1) is 0 Å². The number of morpholine rings is 1. The molecule has 84 valence electrons. The molecule has 0 radical (unpaired) electrons. The molecular weight excluding hydrogens is 232 g/mol. The van der Waals surface area contributed by atoms with Gasteiger partial charge in [-0.1, -0.05) is 11.6 Å². The molecule has 0 amide bonds. The largest absolute Gasteiger partial charge is 0.374 e. The number of thiophene rings is 1. The lowest BCUT2D eigenvalue weighted by Crippen LogP contribution is -2.43. The van der Waals surface area contributed by atoms with Gasteiger partial charge in [-0.3, -0.25) is 0 Å². The van der Waals surface area contributed by atoms with Crippen molar-refractivity contribution < 1.29 is 4.74 Å². The van der Waals surface area contributed by atoms with Gasteiger partial charge in [0, 0.05) is 31.1 Å². The average molecular weight is 247 g/mol. The third kappa shape index (κ3) is 3.74. The number of ether oxygens (including phenoxy) is 1. The van der Waals surface area contributed by atoms with E-state index in [-0.39, 0.29) is 0 Å². The molecule has 0 aromatic carbocycles. The molecule has 0 aliphatic carbocycles. The topological polar surface area (TPSA) is 33.3 Å². The summed E-state index contributed by atoms with van der Waals surface area (Å²) in [5.74, 6) is 0. The zero-order valence-electron chi connectivity index (χ0n) is 8.46. The van der Waals surface area contributed by atoms with E-state index in [2.05, 4.69) is 16.7 Å². The Morgan fingerprint density at radius 1 is 1.60 bits per heavy atom. The highest BCUT2D eigenvalue weighted by molar-refractivity contribution is 7.16. The lowest BCUT2D eigenvalue weighted by atomic mass is 10.3. The smallest absolute Gasteiger partial charge is 0.0931 e. The molecule has 5 heteroatoms. The first kappa shape index (κ1) is 11.4. The van der Waals surface area contributed by atoms with Crippen molar-refractivity contribution in [1.82, 2.24) is 10.6 Å². The van der Waals surface area contributed by atoms with Crippen LogP contribution in [-0.2, 0) is 11.3 Å². The normalized spacial score (nSPS) is 21.8. The fourth-order valence-corrected chi connectivity index (χ4v) is 2.61. The zero-order valence-corrected chi connectivity index (χ0v) is 10.0. The fourth-order valence-electron chi connectivity index (χ4n) is 1.55. The molecule has 1 saturated heterocycles. The monoisotopic (exact) mass is 246 g/mol. The maximum absolute atomic E-state index is 5.84. The second-order valence-corrected chi connectivity index (χ2v) is 5.33. The van der Waals surface area contributed by atoms with Crippen molar-refractivity contribution in [2.45, 2.75) is 12.6 Å². The maximum Gasteiger partial charge on any atom is 0.0931 e. The Kier molecular flexibility index (Phi) is 4.41. The van der Waals surface area contributed by atoms with Gasteiger partial charge in [-0.05, 0) is 12.1 Å². The minimum Gasteiger partial charge on any atom is -0.374 e. The zero-order chi connectivity index (χ0) is 10.5. The van der Waals surface area contributed by atoms with E-state index in [4.69, 9.17) is 16.3 Å². The molecule has 1 aliphatic rings. The van der Waals surface area contributed by atoms with E-state index in [1.165, 1.54) is 4.88 Å². The Labute approximate surface area is 98.8 Å².